The molecular weight excluding hydrogens is 370 g/mol. The first kappa shape index (κ1) is 19.6. The van der Waals surface area contributed by atoms with Gasteiger partial charge >= 0.3 is 12.0 Å². The maximum absolute atomic E-state index is 12.9. The molecule has 0 spiro atoms. The molecule has 1 aliphatic carbocycles. The van der Waals surface area contributed by atoms with Crippen LogP contribution in [0.15, 0.2) is 29.2 Å². The van der Waals surface area contributed by atoms with E-state index in [1.54, 1.807) is 18.2 Å². The SMILES string of the molecule is O=C(Nc1ccccc1S(=O)(=O)N1CCCCC1)N[C@H]1CC[C@@H](C(=O)O)C1. The van der Waals surface area contributed by atoms with Crippen LogP contribution in [0, 0.1) is 5.92 Å². The molecule has 1 saturated heterocycles. The van der Waals surface area contributed by atoms with Crippen molar-refractivity contribution in [2.45, 2.75) is 49.5 Å². The van der Waals surface area contributed by atoms with Gasteiger partial charge in [-0.1, -0.05) is 18.6 Å². The van der Waals surface area contributed by atoms with E-state index in [0.717, 1.165) is 19.3 Å². The molecule has 3 rings (SSSR count). The van der Waals surface area contributed by atoms with Gasteiger partial charge in [-0.15, -0.1) is 0 Å². The summed E-state index contributed by atoms with van der Waals surface area (Å²) in [6, 6.07) is 5.61. The number of piperidine rings is 1. The van der Waals surface area contributed by atoms with Crippen molar-refractivity contribution in [2.24, 2.45) is 5.92 Å². The number of sulfonamides is 1. The van der Waals surface area contributed by atoms with Crippen LogP contribution in [0.25, 0.3) is 0 Å². The van der Waals surface area contributed by atoms with Crippen LogP contribution < -0.4 is 10.6 Å². The zero-order chi connectivity index (χ0) is 19.4. The molecule has 0 aromatic heterocycles. The number of anilines is 1. The second-order valence-electron chi connectivity index (χ2n) is 7.10. The number of carbonyl (C=O) groups excluding carboxylic acids is 1. The number of aliphatic carboxylic acids is 1. The lowest BCUT2D eigenvalue weighted by atomic mass is 10.1. The quantitative estimate of drug-likeness (QED) is 0.707. The summed E-state index contributed by atoms with van der Waals surface area (Å²) in [7, 11) is -3.67. The van der Waals surface area contributed by atoms with Crippen LogP contribution >= 0.6 is 0 Å². The van der Waals surface area contributed by atoms with Gasteiger partial charge in [-0.2, -0.15) is 4.31 Å². The van der Waals surface area contributed by atoms with Crippen molar-refractivity contribution in [3.8, 4) is 0 Å². The number of carboxylic acid groups (broad SMARTS) is 1. The van der Waals surface area contributed by atoms with Gasteiger partial charge in [-0.25, -0.2) is 13.2 Å². The number of hydrogen-bond donors (Lipinski definition) is 3. The number of carbonyl (C=O) groups is 2. The molecule has 3 N–H and O–H groups in total. The summed E-state index contributed by atoms with van der Waals surface area (Å²) in [4.78, 5) is 23.4. The third-order valence-corrected chi connectivity index (χ3v) is 7.14. The Morgan fingerprint density at radius 3 is 2.44 bits per heavy atom. The van der Waals surface area contributed by atoms with Crippen molar-refractivity contribution in [3.63, 3.8) is 0 Å². The third-order valence-electron chi connectivity index (χ3n) is 5.19. The van der Waals surface area contributed by atoms with Crippen LogP contribution in [-0.4, -0.2) is 49.0 Å². The van der Waals surface area contributed by atoms with Crippen molar-refractivity contribution in [2.75, 3.05) is 18.4 Å². The molecule has 27 heavy (non-hydrogen) atoms. The van der Waals surface area contributed by atoms with Crippen molar-refractivity contribution >= 4 is 27.7 Å². The predicted molar refractivity (Wildman–Crippen MR) is 100.0 cm³/mol. The Labute approximate surface area is 159 Å². The monoisotopic (exact) mass is 395 g/mol. The fourth-order valence-electron chi connectivity index (χ4n) is 3.72. The van der Waals surface area contributed by atoms with E-state index in [1.807, 2.05) is 0 Å². The normalized spacial score (nSPS) is 23.7. The first-order valence-electron chi connectivity index (χ1n) is 9.27. The zero-order valence-corrected chi connectivity index (χ0v) is 15.9. The number of nitrogens with one attached hydrogen (secondary N) is 2. The summed E-state index contributed by atoms with van der Waals surface area (Å²) in [6.07, 6.45) is 4.20. The minimum atomic E-state index is -3.67. The molecule has 0 unspecified atom stereocenters. The van der Waals surface area contributed by atoms with Gasteiger partial charge in [0.2, 0.25) is 10.0 Å². The number of hydrogen-bond acceptors (Lipinski definition) is 4. The average Bonchev–Trinajstić information content (AvgIpc) is 3.11. The van der Waals surface area contributed by atoms with Gasteiger partial charge in [0.15, 0.2) is 0 Å². The van der Waals surface area contributed by atoms with Crippen molar-refractivity contribution in [3.05, 3.63) is 24.3 Å². The Morgan fingerprint density at radius 2 is 1.78 bits per heavy atom. The van der Waals surface area contributed by atoms with Gasteiger partial charge in [-0.3, -0.25) is 4.79 Å². The number of benzene rings is 1. The van der Waals surface area contributed by atoms with Gasteiger partial charge in [-0.05, 0) is 44.2 Å². The highest BCUT2D eigenvalue weighted by Gasteiger charge is 2.31. The van der Waals surface area contributed by atoms with E-state index < -0.39 is 27.9 Å². The summed E-state index contributed by atoms with van der Waals surface area (Å²) < 4.78 is 27.3. The van der Waals surface area contributed by atoms with E-state index in [9.17, 15) is 18.0 Å². The third kappa shape index (κ3) is 4.59. The molecule has 2 amide bonds. The van der Waals surface area contributed by atoms with Gasteiger partial charge in [0, 0.05) is 19.1 Å². The Kier molecular flexibility index (Phi) is 6.01. The van der Waals surface area contributed by atoms with E-state index in [1.165, 1.54) is 10.4 Å². The molecule has 0 bridgehead atoms. The van der Waals surface area contributed by atoms with E-state index in [4.69, 9.17) is 5.11 Å². The number of amides is 2. The largest absolute Gasteiger partial charge is 0.481 e. The number of carboxylic acids is 1. The highest BCUT2D eigenvalue weighted by atomic mass is 32.2. The summed E-state index contributed by atoms with van der Waals surface area (Å²) in [5, 5.41) is 14.4. The van der Waals surface area contributed by atoms with Crippen LogP contribution in [0.3, 0.4) is 0 Å². The average molecular weight is 395 g/mol. The van der Waals surface area contributed by atoms with Crippen LogP contribution in [-0.2, 0) is 14.8 Å². The lowest BCUT2D eigenvalue weighted by Gasteiger charge is -2.27. The van der Waals surface area contributed by atoms with Gasteiger partial charge in [0.25, 0.3) is 0 Å². The smallest absolute Gasteiger partial charge is 0.319 e. The Morgan fingerprint density at radius 1 is 1.07 bits per heavy atom. The van der Waals surface area contributed by atoms with Crippen LogP contribution in [0.1, 0.15) is 38.5 Å². The van der Waals surface area contributed by atoms with Crippen LogP contribution in [0.4, 0.5) is 10.5 Å². The summed E-state index contributed by atoms with van der Waals surface area (Å²) >= 11 is 0. The zero-order valence-electron chi connectivity index (χ0n) is 15.1. The Bertz CT molecular complexity index is 805. The van der Waals surface area contributed by atoms with Gasteiger partial charge in [0.05, 0.1) is 11.6 Å². The number of nitrogens with zero attached hydrogens (tertiary/aromatic N) is 1. The maximum atomic E-state index is 12.9. The molecule has 8 nitrogen and oxygen atoms in total. The molecule has 148 valence electrons. The minimum absolute atomic E-state index is 0.0804. The molecule has 1 aromatic rings. The first-order valence-corrected chi connectivity index (χ1v) is 10.7. The van der Waals surface area contributed by atoms with Crippen molar-refractivity contribution < 1.29 is 23.1 Å². The second-order valence-corrected chi connectivity index (χ2v) is 9.01. The molecule has 1 saturated carbocycles. The lowest BCUT2D eigenvalue weighted by Crippen LogP contribution is -2.38. The first-order chi connectivity index (χ1) is 12.9. The number of para-hydroxylation sites is 1. The fourth-order valence-corrected chi connectivity index (χ4v) is 5.38. The van der Waals surface area contributed by atoms with Crippen molar-refractivity contribution in [1.29, 1.82) is 0 Å². The molecule has 0 radical (unpaired) electrons. The topological polar surface area (TPSA) is 116 Å². The summed E-state index contributed by atoms with van der Waals surface area (Å²) in [5.74, 6) is -1.29. The van der Waals surface area contributed by atoms with Gasteiger partial charge < -0.3 is 15.7 Å². The van der Waals surface area contributed by atoms with Crippen molar-refractivity contribution in [1.82, 2.24) is 9.62 Å². The van der Waals surface area contributed by atoms with Crippen LogP contribution in [0.2, 0.25) is 0 Å². The molecule has 2 aliphatic rings. The lowest BCUT2D eigenvalue weighted by molar-refractivity contribution is -0.141. The molecule has 1 heterocycles. The Balaban J connectivity index is 1.69. The van der Waals surface area contributed by atoms with Gasteiger partial charge in [0.1, 0.15) is 4.90 Å². The summed E-state index contributed by atoms with van der Waals surface area (Å²) in [6.45, 7) is 0.975. The Hall–Kier alpha value is -2.13. The highest BCUT2D eigenvalue weighted by Crippen LogP contribution is 2.28. The molecule has 2 fully saturated rings. The van der Waals surface area contributed by atoms with E-state index in [2.05, 4.69) is 10.6 Å². The minimum Gasteiger partial charge on any atom is -0.481 e. The van der Waals surface area contributed by atoms with E-state index in [0.29, 0.717) is 32.4 Å². The predicted octanol–water partition coefficient (Wildman–Crippen LogP) is 2.24. The van der Waals surface area contributed by atoms with E-state index in [-0.39, 0.29) is 16.6 Å². The maximum Gasteiger partial charge on any atom is 0.319 e. The molecule has 1 aromatic carbocycles. The highest BCUT2D eigenvalue weighted by molar-refractivity contribution is 7.89. The summed E-state index contributed by atoms with van der Waals surface area (Å²) in [5.41, 5.74) is 0.230. The fraction of sp³-hybridized carbons (Fsp3) is 0.556. The standard InChI is InChI=1S/C18H25N3O5S/c22-17(23)13-8-9-14(12-13)19-18(24)20-15-6-2-3-7-16(15)27(25,26)21-10-4-1-5-11-21/h2-3,6-7,13-14H,1,4-5,8-12H2,(H,22,23)(H2,19,20,24)/t13-,14+/m1/s1. The molecule has 1 aliphatic heterocycles. The second kappa shape index (κ2) is 8.26. The molecular formula is C18H25N3O5S. The number of rotatable bonds is 5. The number of urea groups is 1. The van der Waals surface area contributed by atoms with E-state index >= 15 is 0 Å². The molecule has 2 atom stereocenters. The molecule has 9 heteroatoms. The van der Waals surface area contributed by atoms with Crippen LogP contribution in [0.5, 0.6) is 0 Å².